The zero-order chi connectivity index (χ0) is 19.3. The lowest BCUT2D eigenvalue weighted by Gasteiger charge is -2.11. The van der Waals surface area contributed by atoms with Crippen molar-refractivity contribution < 1.29 is 9.21 Å². The van der Waals surface area contributed by atoms with E-state index in [1.54, 1.807) is 0 Å². The van der Waals surface area contributed by atoms with Crippen LogP contribution in [0.2, 0.25) is 0 Å². The predicted octanol–water partition coefficient (Wildman–Crippen LogP) is 5.93. The van der Waals surface area contributed by atoms with Crippen LogP contribution in [0.25, 0.3) is 22.8 Å². The van der Waals surface area contributed by atoms with Crippen LogP contribution in [0.15, 0.2) is 46.9 Å². The van der Waals surface area contributed by atoms with Gasteiger partial charge in [-0.15, -0.1) is 0 Å². The van der Waals surface area contributed by atoms with Crippen molar-refractivity contribution in [2.75, 3.05) is 5.32 Å². The minimum atomic E-state index is -0.0583. The Balaban J connectivity index is 1.72. The first-order valence-corrected chi connectivity index (χ1v) is 9.96. The van der Waals surface area contributed by atoms with Gasteiger partial charge in [-0.2, -0.15) is 0 Å². The number of fused-ring (bicyclic) bond motifs is 2. The maximum absolute atomic E-state index is 12.8. The van der Waals surface area contributed by atoms with Crippen molar-refractivity contribution >= 4 is 23.2 Å². The Hall–Kier alpha value is -3.07. The molecule has 0 saturated carbocycles. The van der Waals surface area contributed by atoms with Crippen LogP contribution in [0.5, 0.6) is 0 Å². The van der Waals surface area contributed by atoms with E-state index in [1.165, 1.54) is 12.0 Å². The SMILES string of the molecule is Cc1cc(C)c2c(c1)NC(=O)C2=Cc1oc2c(c1-c1ccccc1)CCCC2. The monoisotopic (exact) mass is 369 g/mol. The van der Waals surface area contributed by atoms with E-state index in [2.05, 4.69) is 49.5 Å². The van der Waals surface area contributed by atoms with Crippen LogP contribution in [0.1, 0.15) is 46.6 Å². The van der Waals surface area contributed by atoms with Gasteiger partial charge < -0.3 is 9.73 Å². The second kappa shape index (κ2) is 6.52. The molecule has 5 rings (SSSR count). The summed E-state index contributed by atoms with van der Waals surface area (Å²) in [6.07, 6.45) is 6.30. The van der Waals surface area contributed by atoms with Gasteiger partial charge in [-0.25, -0.2) is 0 Å². The van der Waals surface area contributed by atoms with Gasteiger partial charge in [0.15, 0.2) is 0 Å². The van der Waals surface area contributed by atoms with Gasteiger partial charge in [0.2, 0.25) is 0 Å². The molecule has 140 valence electrons. The third-order valence-electron chi connectivity index (χ3n) is 5.78. The standard InChI is InChI=1S/C25H23NO2/c1-15-12-16(2)23-19(25(27)26-20(23)13-15)14-22-24(17-8-4-3-5-9-17)18-10-6-7-11-21(18)28-22/h3-5,8-9,12-14H,6-7,10-11H2,1-2H3,(H,26,27). The van der Waals surface area contributed by atoms with Crippen molar-refractivity contribution in [2.24, 2.45) is 0 Å². The van der Waals surface area contributed by atoms with E-state index in [1.807, 2.05) is 18.2 Å². The first kappa shape index (κ1) is 17.1. The molecule has 1 N–H and O–H groups in total. The third-order valence-corrected chi connectivity index (χ3v) is 5.78. The number of rotatable bonds is 2. The van der Waals surface area contributed by atoms with Crippen LogP contribution in [0.3, 0.4) is 0 Å². The van der Waals surface area contributed by atoms with Crippen LogP contribution in [0, 0.1) is 13.8 Å². The lowest BCUT2D eigenvalue weighted by Crippen LogP contribution is -2.03. The molecular formula is C25H23NO2. The molecule has 1 aliphatic carbocycles. The van der Waals surface area contributed by atoms with Gasteiger partial charge in [0.1, 0.15) is 11.5 Å². The van der Waals surface area contributed by atoms with Gasteiger partial charge >= 0.3 is 0 Å². The smallest absolute Gasteiger partial charge is 0.256 e. The highest BCUT2D eigenvalue weighted by atomic mass is 16.3. The minimum absolute atomic E-state index is 0.0583. The van der Waals surface area contributed by atoms with Crippen molar-refractivity contribution in [1.29, 1.82) is 0 Å². The Morgan fingerprint density at radius 2 is 1.79 bits per heavy atom. The fourth-order valence-corrected chi connectivity index (χ4v) is 4.61. The molecule has 2 aliphatic rings. The van der Waals surface area contributed by atoms with Crippen molar-refractivity contribution in [1.82, 2.24) is 0 Å². The van der Waals surface area contributed by atoms with E-state index in [-0.39, 0.29) is 5.91 Å². The van der Waals surface area contributed by atoms with Crippen molar-refractivity contribution in [3.8, 4) is 11.1 Å². The number of furan rings is 1. The number of nitrogens with one attached hydrogen (secondary N) is 1. The Kier molecular flexibility index (Phi) is 3.97. The summed E-state index contributed by atoms with van der Waals surface area (Å²) < 4.78 is 6.32. The molecular weight excluding hydrogens is 346 g/mol. The molecule has 3 aromatic rings. The molecule has 3 nitrogen and oxygen atoms in total. The van der Waals surface area contributed by atoms with Crippen LogP contribution in [-0.4, -0.2) is 5.91 Å². The van der Waals surface area contributed by atoms with E-state index in [0.717, 1.165) is 64.3 Å². The number of benzene rings is 2. The lowest BCUT2D eigenvalue weighted by atomic mass is 9.90. The Morgan fingerprint density at radius 1 is 1.00 bits per heavy atom. The van der Waals surface area contributed by atoms with Gasteiger partial charge in [0.05, 0.1) is 5.57 Å². The second-order valence-corrected chi connectivity index (χ2v) is 7.83. The summed E-state index contributed by atoms with van der Waals surface area (Å²) in [5.41, 5.74) is 8.44. The summed E-state index contributed by atoms with van der Waals surface area (Å²) in [7, 11) is 0. The molecule has 1 aliphatic heterocycles. The number of hydrogen-bond donors (Lipinski definition) is 1. The molecule has 0 fully saturated rings. The Labute approximate surface area is 165 Å². The number of aryl methyl sites for hydroxylation is 3. The quantitative estimate of drug-likeness (QED) is 0.569. The average molecular weight is 369 g/mol. The van der Waals surface area contributed by atoms with Crippen LogP contribution in [0.4, 0.5) is 5.69 Å². The fourth-order valence-electron chi connectivity index (χ4n) is 4.61. The Bertz CT molecular complexity index is 1120. The fraction of sp³-hybridized carbons (Fsp3) is 0.240. The van der Waals surface area contributed by atoms with Crippen LogP contribution in [-0.2, 0) is 17.6 Å². The molecule has 0 bridgehead atoms. The normalized spacial score (nSPS) is 16.8. The summed E-state index contributed by atoms with van der Waals surface area (Å²) >= 11 is 0. The van der Waals surface area contributed by atoms with Gasteiger partial charge in [0, 0.05) is 28.8 Å². The summed E-state index contributed by atoms with van der Waals surface area (Å²) in [5, 5.41) is 3.02. The molecule has 3 heteroatoms. The lowest BCUT2D eigenvalue weighted by molar-refractivity contribution is -0.110. The molecule has 2 aromatic carbocycles. The minimum Gasteiger partial charge on any atom is -0.461 e. The molecule has 1 amide bonds. The van der Waals surface area contributed by atoms with E-state index >= 15 is 0 Å². The van der Waals surface area contributed by atoms with Crippen LogP contribution < -0.4 is 5.32 Å². The maximum atomic E-state index is 12.8. The Morgan fingerprint density at radius 3 is 2.61 bits per heavy atom. The summed E-state index contributed by atoms with van der Waals surface area (Å²) in [6.45, 7) is 4.11. The molecule has 0 atom stereocenters. The molecule has 0 unspecified atom stereocenters. The zero-order valence-corrected chi connectivity index (χ0v) is 16.3. The summed E-state index contributed by atoms with van der Waals surface area (Å²) in [4.78, 5) is 12.8. The van der Waals surface area contributed by atoms with Gasteiger partial charge in [-0.1, -0.05) is 36.4 Å². The third kappa shape index (κ3) is 2.70. The second-order valence-electron chi connectivity index (χ2n) is 7.83. The zero-order valence-electron chi connectivity index (χ0n) is 16.3. The molecule has 28 heavy (non-hydrogen) atoms. The highest BCUT2D eigenvalue weighted by Gasteiger charge is 2.29. The molecule has 0 spiro atoms. The van der Waals surface area contributed by atoms with Gasteiger partial charge in [-0.3, -0.25) is 4.79 Å². The van der Waals surface area contributed by atoms with E-state index in [0.29, 0.717) is 5.57 Å². The van der Waals surface area contributed by atoms with E-state index in [9.17, 15) is 4.79 Å². The van der Waals surface area contributed by atoms with Crippen molar-refractivity contribution in [3.05, 3.63) is 76.2 Å². The summed E-state index contributed by atoms with van der Waals surface area (Å²) in [6, 6.07) is 14.5. The van der Waals surface area contributed by atoms with Crippen LogP contribution >= 0.6 is 0 Å². The molecule has 1 aromatic heterocycles. The first-order valence-electron chi connectivity index (χ1n) is 9.96. The van der Waals surface area contributed by atoms with E-state index < -0.39 is 0 Å². The number of carbonyl (C=O) groups is 1. The summed E-state index contributed by atoms with van der Waals surface area (Å²) in [5.74, 6) is 1.82. The predicted molar refractivity (Wildman–Crippen MR) is 113 cm³/mol. The van der Waals surface area contributed by atoms with Crippen molar-refractivity contribution in [3.63, 3.8) is 0 Å². The van der Waals surface area contributed by atoms with Gasteiger partial charge in [0.25, 0.3) is 5.91 Å². The number of amides is 1. The highest BCUT2D eigenvalue weighted by Crippen LogP contribution is 2.41. The number of hydrogen-bond acceptors (Lipinski definition) is 2. The highest BCUT2D eigenvalue weighted by molar-refractivity contribution is 6.35. The maximum Gasteiger partial charge on any atom is 0.256 e. The molecule has 0 saturated heterocycles. The van der Waals surface area contributed by atoms with Crippen molar-refractivity contribution in [2.45, 2.75) is 39.5 Å². The topological polar surface area (TPSA) is 42.2 Å². The van der Waals surface area contributed by atoms with Gasteiger partial charge in [-0.05, 0) is 61.9 Å². The largest absolute Gasteiger partial charge is 0.461 e. The molecule has 0 radical (unpaired) electrons. The number of carbonyl (C=O) groups excluding carboxylic acids is 1. The number of anilines is 1. The first-order chi connectivity index (χ1) is 13.6. The average Bonchev–Trinajstić information content (AvgIpc) is 3.20. The molecule has 2 heterocycles. The van der Waals surface area contributed by atoms with E-state index in [4.69, 9.17) is 4.42 Å².